The second kappa shape index (κ2) is 6.51. The van der Waals surface area contributed by atoms with Gasteiger partial charge in [-0.3, -0.25) is 0 Å². The molecule has 0 unspecified atom stereocenters. The number of furan rings is 1. The maximum Gasteiger partial charge on any atom is 1.00 e. The zero-order valence-corrected chi connectivity index (χ0v) is 15.3. The number of hydrogen-bond acceptors (Lipinski definition) is 4. The number of rotatable bonds is 2. The summed E-state index contributed by atoms with van der Waals surface area (Å²) in [4.78, 5) is 15.7. The van der Waals surface area contributed by atoms with Crippen molar-refractivity contribution in [2.45, 2.75) is 0 Å². The van der Waals surface area contributed by atoms with E-state index in [4.69, 9.17) is 4.42 Å². The summed E-state index contributed by atoms with van der Waals surface area (Å²) in [5, 5.41) is 11.8. The van der Waals surface area contributed by atoms with Crippen LogP contribution in [0.25, 0.3) is 22.4 Å². The fraction of sp³-hybridized carbons (Fsp3) is 0. The first kappa shape index (κ1) is 15.9. The van der Waals surface area contributed by atoms with Crippen LogP contribution in [-0.4, -0.2) is 11.0 Å². The maximum atomic E-state index is 11.3. The van der Waals surface area contributed by atoms with E-state index in [0.29, 0.717) is 22.4 Å². The van der Waals surface area contributed by atoms with Crippen molar-refractivity contribution in [2.75, 3.05) is 0 Å². The van der Waals surface area contributed by atoms with Crippen molar-refractivity contribution in [3.63, 3.8) is 0 Å². The smallest absolute Gasteiger partial charge is 0.545 e. The van der Waals surface area contributed by atoms with Crippen LogP contribution in [0.5, 0.6) is 0 Å². The predicted molar refractivity (Wildman–Crippen MR) is 71.5 cm³/mol. The van der Waals surface area contributed by atoms with Gasteiger partial charge in [0.1, 0.15) is 5.69 Å². The number of nitrogens with zero attached hydrogens (tertiary/aromatic N) is 1. The Bertz CT molecular complexity index is 771. The Balaban J connectivity index is 0.00000147. The molecule has 94 valence electrons. The van der Waals surface area contributed by atoms with E-state index in [0.717, 1.165) is 4.47 Å². The molecular formula is C14H7BrKNO3. The molecule has 0 amide bonds. The molecule has 2 heterocycles. The Kier molecular flexibility index (Phi) is 5.17. The molecule has 0 radical (unpaired) electrons. The number of carbonyl (C=O) groups is 1. The molecule has 20 heavy (non-hydrogen) atoms. The summed E-state index contributed by atoms with van der Waals surface area (Å²) in [6.45, 7) is 0. The molecule has 0 atom stereocenters. The summed E-state index contributed by atoms with van der Waals surface area (Å²) in [5.41, 5.74) is 1.15. The van der Waals surface area contributed by atoms with E-state index in [-0.39, 0.29) is 56.9 Å². The van der Waals surface area contributed by atoms with Crippen LogP contribution in [0.2, 0.25) is 0 Å². The van der Waals surface area contributed by atoms with E-state index in [9.17, 15) is 9.90 Å². The fourth-order valence-electron chi connectivity index (χ4n) is 1.92. The van der Waals surface area contributed by atoms with Crippen LogP contribution in [0.4, 0.5) is 0 Å². The summed E-state index contributed by atoms with van der Waals surface area (Å²) in [6.07, 6.45) is 1.52. The number of hydrogen-bond donors (Lipinski definition) is 0. The molecule has 3 rings (SSSR count). The van der Waals surface area contributed by atoms with E-state index in [1.807, 2.05) is 0 Å². The van der Waals surface area contributed by atoms with Crippen LogP contribution in [-0.2, 0) is 0 Å². The molecule has 4 nitrogen and oxygen atoms in total. The predicted octanol–water partition coefficient (Wildman–Crippen LogP) is -0.375. The first-order valence-corrected chi connectivity index (χ1v) is 6.30. The van der Waals surface area contributed by atoms with Gasteiger partial charge in [-0.25, -0.2) is 4.98 Å². The summed E-state index contributed by atoms with van der Waals surface area (Å²) < 4.78 is 6.03. The quantitative estimate of drug-likeness (QED) is 0.588. The van der Waals surface area contributed by atoms with E-state index >= 15 is 0 Å². The van der Waals surface area contributed by atoms with Crippen LogP contribution >= 0.6 is 15.9 Å². The molecule has 0 aliphatic rings. The van der Waals surface area contributed by atoms with Gasteiger partial charge in [0.15, 0.2) is 5.76 Å². The van der Waals surface area contributed by atoms with Crippen LogP contribution in [0.3, 0.4) is 0 Å². The van der Waals surface area contributed by atoms with E-state index in [1.165, 1.54) is 12.3 Å². The Morgan fingerprint density at radius 2 is 2.05 bits per heavy atom. The summed E-state index contributed by atoms with van der Waals surface area (Å²) >= 11 is 3.31. The SMILES string of the molecule is O=C([O-])c1cc(-c2ccco2)nc2ccc(Br)cc12.[K+]. The molecule has 0 aliphatic heterocycles. The molecule has 0 spiro atoms. The van der Waals surface area contributed by atoms with Crippen LogP contribution in [0, 0.1) is 0 Å². The molecule has 0 aliphatic carbocycles. The zero-order chi connectivity index (χ0) is 13.4. The average Bonchev–Trinajstić information content (AvgIpc) is 2.91. The third kappa shape index (κ3) is 3.05. The molecule has 0 saturated carbocycles. The number of benzene rings is 1. The van der Waals surface area contributed by atoms with Crippen LogP contribution < -0.4 is 56.5 Å². The van der Waals surface area contributed by atoms with Crippen molar-refractivity contribution < 1.29 is 65.7 Å². The molecule has 1 aromatic carbocycles. The minimum absolute atomic E-state index is 0. The molecular weight excluding hydrogens is 349 g/mol. The first-order valence-electron chi connectivity index (χ1n) is 5.50. The van der Waals surface area contributed by atoms with Gasteiger partial charge in [0.25, 0.3) is 0 Å². The van der Waals surface area contributed by atoms with Crippen molar-refractivity contribution in [1.29, 1.82) is 0 Å². The second-order valence-electron chi connectivity index (χ2n) is 3.98. The monoisotopic (exact) mass is 355 g/mol. The Hall–Kier alpha value is -0.504. The van der Waals surface area contributed by atoms with Gasteiger partial charge in [-0.15, -0.1) is 0 Å². The minimum Gasteiger partial charge on any atom is -0.545 e. The maximum absolute atomic E-state index is 11.3. The number of aromatic nitrogens is 1. The molecule has 3 aromatic rings. The van der Waals surface area contributed by atoms with Crippen LogP contribution in [0.15, 0.2) is 51.6 Å². The normalized spacial score (nSPS) is 10.2. The van der Waals surface area contributed by atoms with Gasteiger partial charge in [0, 0.05) is 15.4 Å². The number of carbonyl (C=O) groups excluding carboxylic acids is 1. The Morgan fingerprint density at radius 3 is 2.70 bits per heavy atom. The van der Waals surface area contributed by atoms with Crippen molar-refractivity contribution in [2.24, 2.45) is 0 Å². The molecule has 6 heteroatoms. The number of fused-ring (bicyclic) bond motifs is 1. The van der Waals surface area contributed by atoms with Gasteiger partial charge >= 0.3 is 51.4 Å². The number of halogens is 1. The number of carboxylic acid groups (broad SMARTS) is 1. The van der Waals surface area contributed by atoms with Crippen molar-refractivity contribution in [1.82, 2.24) is 4.98 Å². The zero-order valence-electron chi connectivity index (χ0n) is 10.6. The van der Waals surface area contributed by atoms with E-state index < -0.39 is 5.97 Å². The van der Waals surface area contributed by atoms with Gasteiger partial charge in [-0.1, -0.05) is 15.9 Å². The number of aromatic carboxylic acids is 1. The largest absolute Gasteiger partial charge is 1.00 e. The topological polar surface area (TPSA) is 66.2 Å². The second-order valence-corrected chi connectivity index (χ2v) is 4.90. The van der Waals surface area contributed by atoms with E-state index in [1.54, 1.807) is 30.3 Å². The van der Waals surface area contributed by atoms with Gasteiger partial charge in [-0.2, -0.15) is 0 Å². The fourth-order valence-corrected chi connectivity index (χ4v) is 2.28. The summed E-state index contributed by atoms with van der Waals surface area (Å²) in [5.74, 6) is -0.717. The third-order valence-electron chi connectivity index (χ3n) is 2.76. The Morgan fingerprint density at radius 1 is 1.25 bits per heavy atom. The minimum atomic E-state index is -1.24. The van der Waals surface area contributed by atoms with Gasteiger partial charge in [-0.05, 0) is 36.4 Å². The van der Waals surface area contributed by atoms with Crippen molar-refractivity contribution in [3.8, 4) is 11.5 Å². The summed E-state index contributed by atoms with van der Waals surface area (Å²) in [6, 6.07) is 10.2. The molecule has 0 bridgehead atoms. The third-order valence-corrected chi connectivity index (χ3v) is 3.26. The van der Waals surface area contributed by atoms with E-state index in [2.05, 4.69) is 20.9 Å². The van der Waals surface area contributed by atoms with Gasteiger partial charge < -0.3 is 14.3 Å². The molecule has 0 N–H and O–H groups in total. The Labute approximate surface area is 165 Å². The van der Waals surface area contributed by atoms with Crippen molar-refractivity contribution in [3.05, 3.63) is 52.7 Å². The first-order chi connectivity index (χ1) is 9.15. The molecule has 0 fully saturated rings. The summed E-state index contributed by atoms with van der Waals surface area (Å²) in [7, 11) is 0. The van der Waals surface area contributed by atoms with Gasteiger partial charge in [0.05, 0.1) is 17.7 Å². The molecule has 0 saturated heterocycles. The average molecular weight is 356 g/mol. The number of carboxylic acids is 1. The standard InChI is InChI=1S/C14H8BrNO3.K/c15-8-3-4-11-9(6-8)10(14(17)18)7-12(16-11)13-2-1-5-19-13;/h1-7H,(H,17,18);/q;+1/p-1. The molecule has 2 aromatic heterocycles. The van der Waals surface area contributed by atoms with Gasteiger partial charge in [0.2, 0.25) is 0 Å². The number of pyridine rings is 1. The van der Waals surface area contributed by atoms with Crippen LogP contribution in [0.1, 0.15) is 10.4 Å². The van der Waals surface area contributed by atoms with Crippen molar-refractivity contribution >= 4 is 32.8 Å².